The summed E-state index contributed by atoms with van der Waals surface area (Å²) in [6.45, 7) is 5.13. The van der Waals surface area contributed by atoms with E-state index in [1.807, 2.05) is 0 Å². The fraction of sp³-hybridized carbons (Fsp3) is 0.200. The van der Waals surface area contributed by atoms with Gasteiger partial charge < -0.3 is 0 Å². The summed E-state index contributed by atoms with van der Waals surface area (Å²) in [6, 6.07) is 0. The van der Waals surface area contributed by atoms with Gasteiger partial charge >= 0.3 is 6.08 Å². The number of nitrogens with zero attached hydrogens (tertiary/aromatic N) is 3. The zero-order valence-electron chi connectivity index (χ0n) is 5.00. The maximum atomic E-state index is 12.3. The molecular weight excluding hydrogens is 121 g/mol. The Kier molecular flexibility index (Phi) is 1.30. The van der Waals surface area contributed by atoms with E-state index in [1.54, 1.807) is 6.92 Å². The summed E-state index contributed by atoms with van der Waals surface area (Å²) in [5, 5.41) is 3.55. The van der Waals surface area contributed by atoms with Crippen LogP contribution in [0.3, 0.4) is 0 Å². The Hall–Kier alpha value is -1.19. The summed E-state index contributed by atoms with van der Waals surface area (Å²) in [5.41, 5.74) is 0.519. The van der Waals surface area contributed by atoms with Gasteiger partial charge in [-0.25, -0.2) is 0 Å². The molecule has 0 aliphatic rings. The van der Waals surface area contributed by atoms with Gasteiger partial charge in [0.15, 0.2) is 0 Å². The van der Waals surface area contributed by atoms with Crippen LogP contribution in [-0.4, -0.2) is 14.8 Å². The summed E-state index contributed by atoms with van der Waals surface area (Å²) < 4.78 is 13.4. The average molecular weight is 127 g/mol. The smallest absolute Gasteiger partial charge is 0.194 e. The SMILES string of the molecule is C=C(C)n1ncnc1F. The fourth-order valence-electron chi connectivity index (χ4n) is 0.483. The van der Waals surface area contributed by atoms with Gasteiger partial charge in [-0.2, -0.15) is 19.2 Å². The van der Waals surface area contributed by atoms with Gasteiger partial charge in [0.1, 0.15) is 6.33 Å². The molecule has 0 unspecified atom stereocenters. The van der Waals surface area contributed by atoms with E-state index in [0.29, 0.717) is 5.70 Å². The highest BCUT2D eigenvalue weighted by molar-refractivity contribution is 5.34. The van der Waals surface area contributed by atoms with Gasteiger partial charge in [-0.3, -0.25) is 0 Å². The molecule has 0 atom stereocenters. The quantitative estimate of drug-likeness (QED) is 0.561. The number of hydrogen-bond donors (Lipinski definition) is 0. The highest BCUT2D eigenvalue weighted by atomic mass is 19.1. The predicted molar refractivity (Wildman–Crippen MR) is 31.0 cm³/mol. The van der Waals surface area contributed by atoms with Gasteiger partial charge in [-0.15, -0.1) is 0 Å². The standard InChI is InChI=1S/C5H6FN3/c1-4(2)9-5(6)7-3-8-9/h3H,1H2,2H3. The molecular formula is C5H6FN3. The van der Waals surface area contributed by atoms with Crippen LogP contribution < -0.4 is 0 Å². The molecule has 1 aromatic heterocycles. The summed E-state index contributed by atoms with van der Waals surface area (Å²) in [4.78, 5) is 3.26. The molecule has 0 N–H and O–H groups in total. The van der Waals surface area contributed by atoms with Crippen LogP contribution in [0.5, 0.6) is 0 Å². The minimum absolute atomic E-state index is 0.519. The van der Waals surface area contributed by atoms with Gasteiger partial charge in [0.2, 0.25) is 0 Å². The minimum atomic E-state index is -0.623. The van der Waals surface area contributed by atoms with Crippen LogP contribution in [-0.2, 0) is 0 Å². The van der Waals surface area contributed by atoms with Crippen molar-refractivity contribution >= 4 is 5.70 Å². The van der Waals surface area contributed by atoms with E-state index >= 15 is 0 Å². The highest BCUT2D eigenvalue weighted by Crippen LogP contribution is 1.98. The van der Waals surface area contributed by atoms with E-state index in [1.165, 1.54) is 0 Å². The Bertz CT molecular complexity index is 228. The first-order chi connectivity index (χ1) is 4.22. The van der Waals surface area contributed by atoms with Crippen LogP contribution in [0.1, 0.15) is 6.92 Å². The molecule has 0 amide bonds. The van der Waals surface area contributed by atoms with E-state index in [2.05, 4.69) is 16.7 Å². The molecule has 9 heavy (non-hydrogen) atoms. The maximum absolute atomic E-state index is 12.3. The van der Waals surface area contributed by atoms with Crippen molar-refractivity contribution in [2.45, 2.75) is 6.92 Å². The van der Waals surface area contributed by atoms with Crippen molar-refractivity contribution in [3.63, 3.8) is 0 Å². The van der Waals surface area contributed by atoms with Gasteiger partial charge in [0.25, 0.3) is 0 Å². The zero-order valence-corrected chi connectivity index (χ0v) is 5.00. The topological polar surface area (TPSA) is 30.7 Å². The van der Waals surface area contributed by atoms with E-state index in [9.17, 15) is 4.39 Å². The van der Waals surface area contributed by atoms with E-state index in [4.69, 9.17) is 0 Å². The lowest BCUT2D eigenvalue weighted by molar-refractivity contribution is 0.510. The largest absolute Gasteiger partial charge is 0.311 e. The Morgan fingerprint density at radius 3 is 2.78 bits per heavy atom. The summed E-state index contributed by atoms with van der Waals surface area (Å²) in [7, 11) is 0. The average Bonchev–Trinajstić information content (AvgIpc) is 2.13. The number of hydrogen-bond acceptors (Lipinski definition) is 2. The van der Waals surface area contributed by atoms with Gasteiger partial charge in [-0.05, 0) is 6.92 Å². The van der Waals surface area contributed by atoms with Crippen molar-refractivity contribution in [2.75, 3.05) is 0 Å². The maximum Gasteiger partial charge on any atom is 0.311 e. The Morgan fingerprint density at radius 2 is 2.56 bits per heavy atom. The summed E-state index contributed by atoms with van der Waals surface area (Å²) in [5.74, 6) is 0. The van der Waals surface area contributed by atoms with Crippen molar-refractivity contribution < 1.29 is 4.39 Å². The molecule has 0 saturated heterocycles. The number of aromatic nitrogens is 3. The van der Waals surface area contributed by atoms with Crippen molar-refractivity contribution in [2.24, 2.45) is 0 Å². The molecule has 1 heterocycles. The second kappa shape index (κ2) is 1.97. The van der Waals surface area contributed by atoms with Crippen LogP contribution in [0.15, 0.2) is 12.9 Å². The Balaban J connectivity index is 3.08. The lowest BCUT2D eigenvalue weighted by atomic mass is 10.6. The lowest BCUT2D eigenvalue weighted by Gasteiger charge is -1.94. The zero-order chi connectivity index (χ0) is 6.85. The molecule has 0 saturated carbocycles. The molecule has 0 radical (unpaired) electrons. The molecule has 48 valence electrons. The third-order valence-electron chi connectivity index (χ3n) is 0.868. The van der Waals surface area contributed by atoms with Crippen LogP contribution in [0, 0.1) is 6.08 Å². The highest BCUT2D eigenvalue weighted by Gasteiger charge is 1.99. The summed E-state index contributed by atoms with van der Waals surface area (Å²) >= 11 is 0. The Morgan fingerprint density at radius 1 is 1.89 bits per heavy atom. The molecule has 4 heteroatoms. The predicted octanol–water partition coefficient (Wildman–Crippen LogP) is 0.908. The number of allylic oxidation sites excluding steroid dienone is 1. The monoisotopic (exact) mass is 127 g/mol. The minimum Gasteiger partial charge on any atom is -0.194 e. The molecule has 0 spiro atoms. The van der Waals surface area contributed by atoms with Crippen LogP contribution in [0.25, 0.3) is 5.70 Å². The third kappa shape index (κ3) is 0.960. The molecule has 0 aromatic carbocycles. The van der Waals surface area contributed by atoms with Gasteiger partial charge in [-0.1, -0.05) is 6.58 Å². The molecule has 0 bridgehead atoms. The van der Waals surface area contributed by atoms with Gasteiger partial charge in [0, 0.05) is 5.70 Å². The first-order valence-electron chi connectivity index (χ1n) is 2.43. The third-order valence-corrected chi connectivity index (χ3v) is 0.868. The lowest BCUT2D eigenvalue weighted by Crippen LogP contribution is -1.97. The molecule has 0 fully saturated rings. The van der Waals surface area contributed by atoms with E-state index in [0.717, 1.165) is 11.0 Å². The molecule has 1 aromatic rings. The molecule has 0 aliphatic carbocycles. The van der Waals surface area contributed by atoms with E-state index in [-0.39, 0.29) is 0 Å². The van der Waals surface area contributed by atoms with Crippen molar-refractivity contribution in [3.8, 4) is 0 Å². The second-order valence-electron chi connectivity index (χ2n) is 1.68. The number of halogens is 1. The fourth-order valence-corrected chi connectivity index (χ4v) is 0.483. The van der Waals surface area contributed by atoms with Crippen LogP contribution >= 0.6 is 0 Å². The second-order valence-corrected chi connectivity index (χ2v) is 1.68. The first-order valence-corrected chi connectivity index (χ1v) is 2.43. The van der Waals surface area contributed by atoms with Crippen LogP contribution in [0.2, 0.25) is 0 Å². The van der Waals surface area contributed by atoms with E-state index < -0.39 is 6.08 Å². The molecule has 3 nitrogen and oxygen atoms in total. The van der Waals surface area contributed by atoms with Crippen LogP contribution in [0.4, 0.5) is 4.39 Å². The molecule has 0 aliphatic heterocycles. The molecule has 1 rings (SSSR count). The summed E-state index contributed by atoms with van der Waals surface area (Å²) in [6.07, 6.45) is 0.520. The van der Waals surface area contributed by atoms with Crippen molar-refractivity contribution in [1.82, 2.24) is 14.8 Å². The van der Waals surface area contributed by atoms with Crippen molar-refractivity contribution in [1.29, 1.82) is 0 Å². The Labute approximate surface area is 51.8 Å². The van der Waals surface area contributed by atoms with Crippen molar-refractivity contribution in [3.05, 3.63) is 19.0 Å². The van der Waals surface area contributed by atoms with Gasteiger partial charge in [0.05, 0.1) is 0 Å². The first kappa shape index (κ1) is 5.94. The number of rotatable bonds is 1. The normalized spacial score (nSPS) is 9.56.